The molecule has 0 atom stereocenters. The smallest absolute Gasteiger partial charge is 0.339 e. The van der Waals surface area contributed by atoms with E-state index in [1.54, 1.807) is 54.7 Å². The third-order valence-electron chi connectivity index (χ3n) is 4.50. The average Bonchev–Trinajstić information content (AvgIpc) is 3.29. The second-order valence-corrected chi connectivity index (χ2v) is 10.0. The molecule has 1 heterocycles. The predicted molar refractivity (Wildman–Crippen MR) is 136 cm³/mol. The Kier molecular flexibility index (Phi) is 7.38. The molecular weight excluding hydrogens is 517 g/mol. The van der Waals surface area contributed by atoms with Gasteiger partial charge in [-0.05, 0) is 54.1 Å². The number of anilines is 1. The zero-order valence-corrected chi connectivity index (χ0v) is 20.8. The van der Waals surface area contributed by atoms with Crippen molar-refractivity contribution in [3.05, 3.63) is 87.7 Å². The molecule has 0 spiro atoms. The lowest BCUT2D eigenvalue weighted by Crippen LogP contribution is -2.10. The van der Waals surface area contributed by atoms with Crippen LogP contribution in [0.2, 0.25) is 10.0 Å². The quantitative estimate of drug-likeness (QED) is 0.161. The first-order valence-electron chi connectivity index (χ1n) is 9.73. The Morgan fingerprint density at radius 1 is 1.03 bits per heavy atom. The maximum absolute atomic E-state index is 12.5. The standard InChI is InChI=1S/C23H17Cl2N3O4S2/c1-31-22-11-15(7-10-21(22)32-34(29,30)17-5-3-2-4-6-17)13-26-28-23-27-20(14-33-23)18-9-8-16(24)12-19(18)25/h2-14H,1H3,(H,27,28)/b26-13-. The van der Waals surface area contributed by atoms with E-state index in [1.165, 1.54) is 36.6 Å². The first-order chi connectivity index (χ1) is 16.4. The van der Waals surface area contributed by atoms with Crippen LogP contribution in [0.3, 0.4) is 0 Å². The van der Waals surface area contributed by atoms with Gasteiger partial charge < -0.3 is 8.92 Å². The first-order valence-corrected chi connectivity index (χ1v) is 12.8. The van der Waals surface area contributed by atoms with Crippen molar-refractivity contribution in [2.24, 2.45) is 5.10 Å². The molecule has 3 aromatic carbocycles. The SMILES string of the molecule is COc1cc(/C=N\Nc2nc(-c3ccc(Cl)cc3Cl)cs2)ccc1OS(=O)(=O)c1ccccc1. The zero-order chi connectivity index (χ0) is 24.1. The molecule has 7 nitrogen and oxygen atoms in total. The van der Waals surface area contributed by atoms with Gasteiger partial charge >= 0.3 is 10.1 Å². The highest BCUT2D eigenvalue weighted by Crippen LogP contribution is 2.33. The second-order valence-electron chi connectivity index (χ2n) is 6.79. The number of aromatic nitrogens is 1. The number of halogens is 2. The molecular formula is C23H17Cl2N3O4S2. The fourth-order valence-corrected chi connectivity index (χ4v) is 5.02. The Morgan fingerprint density at radius 2 is 1.82 bits per heavy atom. The highest BCUT2D eigenvalue weighted by Gasteiger charge is 2.19. The van der Waals surface area contributed by atoms with Crippen LogP contribution in [0.1, 0.15) is 5.56 Å². The van der Waals surface area contributed by atoms with Gasteiger partial charge in [-0.15, -0.1) is 11.3 Å². The number of nitrogens with zero attached hydrogens (tertiary/aromatic N) is 2. The van der Waals surface area contributed by atoms with Crippen molar-refractivity contribution < 1.29 is 17.3 Å². The molecule has 1 N–H and O–H groups in total. The fourth-order valence-electron chi connectivity index (χ4n) is 2.89. The summed E-state index contributed by atoms with van der Waals surface area (Å²) in [6.45, 7) is 0. The predicted octanol–water partition coefficient (Wildman–Crippen LogP) is 6.34. The van der Waals surface area contributed by atoms with E-state index in [-0.39, 0.29) is 16.4 Å². The first kappa shape index (κ1) is 24.0. The van der Waals surface area contributed by atoms with E-state index < -0.39 is 10.1 Å². The molecule has 11 heteroatoms. The third kappa shape index (κ3) is 5.68. The summed E-state index contributed by atoms with van der Waals surface area (Å²) in [5, 5.41) is 7.67. The number of thiazole rings is 1. The maximum atomic E-state index is 12.5. The van der Waals surface area contributed by atoms with Gasteiger partial charge in [-0.25, -0.2) is 4.98 Å². The highest BCUT2D eigenvalue weighted by atomic mass is 35.5. The van der Waals surface area contributed by atoms with E-state index in [9.17, 15) is 8.42 Å². The van der Waals surface area contributed by atoms with Crippen LogP contribution in [0.4, 0.5) is 5.13 Å². The monoisotopic (exact) mass is 533 g/mol. The average molecular weight is 534 g/mol. The van der Waals surface area contributed by atoms with Crippen molar-refractivity contribution in [1.29, 1.82) is 0 Å². The van der Waals surface area contributed by atoms with E-state index in [4.69, 9.17) is 32.1 Å². The van der Waals surface area contributed by atoms with E-state index in [2.05, 4.69) is 15.5 Å². The number of rotatable bonds is 8. The van der Waals surface area contributed by atoms with E-state index in [0.29, 0.717) is 26.4 Å². The molecule has 0 aliphatic heterocycles. The van der Waals surface area contributed by atoms with Gasteiger partial charge in [0.15, 0.2) is 11.5 Å². The van der Waals surface area contributed by atoms with Crippen LogP contribution in [-0.2, 0) is 10.1 Å². The highest BCUT2D eigenvalue weighted by molar-refractivity contribution is 7.87. The number of nitrogens with one attached hydrogen (secondary N) is 1. The van der Waals surface area contributed by atoms with E-state index >= 15 is 0 Å². The lowest BCUT2D eigenvalue weighted by molar-refractivity contribution is 0.390. The summed E-state index contributed by atoms with van der Waals surface area (Å²) < 4.78 is 35.5. The molecule has 34 heavy (non-hydrogen) atoms. The topological polar surface area (TPSA) is 89.9 Å². The number of ether oxygens (including phenoxy) is 1. The summed E-state index contributed by atoms with van der Waals surface area (Å²) >= 11 is 13.6. The molecule has 0 aliphatic carbocycles. The summed E-state index contributed by atoms with van der Waals surface area (Å²) in [5.41, 5.74) is 4.99. The summed E-state index contributed by atoms with van der Waals surface area (Å²) in [4.78, 5) is 4.52. The van der Waals surface area contributed by atoms with Crippen molar-refractivity contribution in [1.82, 2.24) is 4.98 Å². The molecule has 0 bridgehead atoms. The number of benzene rings is 3. The van der Waals surface area contributed by atoms with Crippen molar-refractivity contribution in [2.45, 2.75) is 4.90 Å². The molecule has 0 saturated carbocycles. The molecule has 1 aromatic heterocycles. The van der Waals surface area contributed by atoms with Gasteiger partial charge in [0.2, 0.25) is 5.13 Å². The molecule has 0 radical (unpaired) electrons. The molecule has 4 rings (SSSR count). The number of hydrazone groups is 1. The summed E-state index contributed by atoms with van der Waals surface area (Å²) in [6, 6.07) is 17.9. The largest absolute Gasteiger partial charge is 0.493 e. The van der Waals surface area contributed by atoms with Gasteiger partial charge in [-0.3, -0.25) is 5.43 Å². The lowest BCUT2D eigenvalue weighted by atomic mass is 10.2. The molecule has 0 fully saturated rings. The second kappa shape index (κ2) is 10.4. The number of methoxy groups -OCH3 is 1. The normalized spacial score (nSPS) is 11.5. The van der Waals surface area contributed by atoms with Crippen molar-refractivity contribution in [3.8, 4) is 22.8 Å². The number of hydrogen-bond donors (Lipinski definition) is 1. The minimum atomic E-state index is -3.99. The minimum absolute atomic E-state index is 0.0506. The molecule has 0 amide bonds. The van der Waals surface area contributed by atoms with Crippen molar-refractivity contribution in [3.63, 3.8) is 0 Å². The van der Waals surface area contributed by atoms with Crippen molar-refractivity contribution in [2.75, 3.05) is 12.5 Å². The van der Waals surface area contributed by atoms with Crippen molar-refractivity contribution >= 4 is 56.0 Å². The molecule has 174 valence electrons. The summed E-state index contributed by atoms with van der Waals surface area (Å²) in [7, 11) is -2.56. The van der Waals surface area contributed by atoms with Gasteiger partial charge in [0.05, 0.1) is 24.0 Å². The Balaban J connectivity index is 1.45. The minimum Gasteiger partial charge on any atom is -0.493 e. The maximum Gasteiger partial charge on any atom is 0.339 e. The molecule has 4 aromatic rings. The summed E-state index contributed by atoms with van der Waals surface area (Å²) in [5.74, 6) is 0.318. The van der Waals surface area contributed by atoms with Crippen LogP contribution >= 0.6 is 34.5 Å². The van der Waals surface area contributed by atoms with Gasteiger partial charge in [-0.2, -0.15) is 13.5 Å². The Morgan fingerprint density at radius 3 is 2.56 bits per heavy atom. The van der Waals surface area contributed by atoms with Gasteiger partial charge in [0.25, 0.3) is 0 Å². The fraction of sp³-hybridized carbons (Fsp3) is 0.0435. The van der Waals surface area contributed by atoms with Crippen LogP contribution in [0.15, 0.2) is 82.1 Å². The Labute approximate surface area is 210 Å². The molecule has 0 saturated heterocycles. The Bertz CT molecular complexity index is 1440. The van der Waals surface area contributed by atoms with E-state index in [1.807, 2.05) is 5.38 Å². The number of hydrogen-bond acceptors (Lipinski definition) is 8. The summed E-state index contributed by atoms with van der Waals surface area (Å²) in [6.07, 6.45) is 1.55. The lowest BCUT2D eigenvalue weighted by Gasteiger charge is -2.11. The van der Waals surface area contributed by atoms with Gasteiger partial charge in [0, 0.05) is 16.0 Å². The van der Waals surface area contributed by atoms with Crippen LogP contribution in [-0.4, -0.2) is 26.7 Å². The molecule has 0 aliphatic rings. The Hall–Kier alpha value is -3.11. The zero-order valence-electron chi connectivity index (χ0n) is 17.6. The van der Waals surface area contributed by atoms with Crippen LogP contribution in [0, 0.1) is 0 Å². The van der Waals surface area contributed by atoms with Crippen LogP contribution in [0.5, 0.6) is 11.5 Å². The van der Waals surface area contributed by atoms with Crippen LogP contribution < -0.4 is 14.3 Å². The van der Waals surface area contributed by atoms with Gasteiger partial charge in [0.1, 0.15) is 4.90 Å². The third-order valence-corrected chi connectivity index (χ3v) is 7.05. The van der Waals surface area contributed by atoms with Gasteiger partial charge in [-0.1, -0.05) is 41.4 Å². The molecule has 0 unspecified atom stereocenters. The van der Waals surface area contributed by atoms with E-state index in [0.717, 1.165) is 5.56 Å². The van der Waals surface area contributed by atoms with Crippen LogP contribution in [0.25, 0.3) is 11.3 Å².